The minimum atomic E-state index is -0.914. The van der Waals surface area contributed by atoms with E-state index in [0.29, 0.717) is 28.0 Å². The number of ether oxygens (including phenoxy) is 3. The van der Waals surface area contributed by atoms with Crippen molar-refractivity contribution in [2.45, 2.75) is 6.04 Å². The number of aromatic hydroxyl groups is 1. The van der Waals surface area contributed by atoms with E-state index in [0.717, 1.165) is 0 Å². The average Bonchev–Trinajstić information content (AvgIpc) is 3.07. The molecule has 0 aromatic heterocycles. The van der Waals surface area contributed by atoms with Gasteiger partial charge in [0.2, 0.25) is 0 Å². The number of methoxy groups -OCH3 is 2. The van der Waals surface area contributed by atoms with Crippen molar-refractivity contribution < 1.29 is 34.0 Å². The Balaban J connectivity index is 2.14. The van der Waals surface area contributed by atoms with Crippen molar-refractivity contribution in [1.82, 2.24) is 4.90 Å². The molecule has 1 amide bonds. The summed E-state index contributed by atoms with van der Waals surface area (Å²) >= 11 is 3.28. The van der Waals surface area contributed by atoms with Crippen LogP contribution < -0.4 is 9.47 Å². The zero-order valence-electron chi connectivity index (χ0n) is 18.2. The van der Waals surface area contributed by atoms with Gasteiger partial charge in [0, 0.05) is 19.2 Å². The number of aliphatic hydroxyl groups is 1. The molecule has 1 atom stereocenters. The fourth-order valence-corrected chi connectivity index (χ4v) is 4.03. The number of carbonyl (C=O) groups is 2. The van der Waals surface area contributed by atoms with Gasteiger partial charge < -0.3 is 29.3 Å². The molecule has 2 aromatic carbocycles. The molecule has 33 heavy (non-hydrogen) atoms. The van der Waals surface area contributed by atoms with Gasteiger partial charge in [-0.25, -0.2) is 0 Å². The predicted octanol–water partition coefficient (Wildman–Crippen LogP) is 3.80. The van der Waals surface area contributed by atoms with E-state index in [4.69, 9.17) is 14.2 Å². The number of halogens is 1. The van der Waals surface area contributed by atoms with Crippen LogP contribution in [0.4, 0.5) is 0 Å². The van der Waals surface area contributed by atoms with Crippen molar-refractivity contribution in [2.75, 3.05) is 34.0 Å². The van der Waals surface area contributed by atoms with E-state index < -0.39 is 17.7 Å². The molecule has 1 heterocycles. The van der Waals surface area contributed by atoms with E-state index in [1.165, 1.54) is 25.2 Å². The number of hydrogen-bond donors (Lipinski definition) is 2. The summed E-state index contributed by atoms with van der Waals surface area (Å²) in [6, 6.07) is 8.68. The molecule has 0 aliphatic carbocycles. The lowest BCUT2D eigenvalue weighted by Gasteiger charge is -2.25. The first kappa shape index (κ1) is 24.3. The quantitative estimate of drug-likeness (QED) is 0.225. The van der Waals surface area contributed by atoms with E-state index in [1.807, 2.05) is 0 Å². The lowest BCUT2D eigenvalue weighted by atomic mass is 9.95. The Hall–Kier alpha value is -3.30. The zero-order valence-corrected chi connectivity index (χ0v) is 19.8. The van der Waals surface area contributed by atoms with Crippen LogP contribution in [0.3, 0.4) is 0 Å². The topological polar surface area (TPSA) is 106 Å². The summed E-state index contributed by atoms with van der Waals surface area (Å²) in [5.74, 6) is -1.30. The van der Waals surface area contributed by atoms with Crippen LogP contribution >= 0.6 is 15.9 Å². The molecule has 0 spiro atoms. The summed E-state index contributed by atoms with van der Waals surface area (Å²) in [5, 5.41) is 21.3. The van der Waals surface area contributed by atoms with Gasteiger partial charge in [0.05, 0.1) is 29.8 Å². The molecule has 0 saturated carbocycles. The highest BCUT2D eigenvalue weighted by Gasteiger charge is 2.46. The standard InChI is InChI=1S/C24H24BrNO7/c1-4-10-33-16-7-5-14(6-8-16)21(27)19-20(26(9-11-31-2)24(30)23(19)29)15-12-17(25)22(28)18(13-15)32-3/h4-8,12-13,20,27-28H,1,9-11H2,2-3H3. The molecule has 174 valence electrons. The SMILES string of the molecule is C=CCOc1ccc(C(O)=C2C(=O)C(=O)N(CCOC)C2c2cc(Br)c(O)c(OC)c2)cc1. The first-order valence-electron chi connectivity index (χ1n) is 10.0. The molecule has 2 aromatic rings. The monoisotopic (exact) mass is 517 g/mol. The van der Waals surface area contributed by atoms with Gasteiger partial charge in [-0.15, -0.1) is 0 Å². The van der Waals surface area contributed by atoms with Gasteiger partial charge in [0.25, 0.3) is 11.7 Å². The maximum absolute atomic E-state index is 13.0. The number of hydrogen-bond acceptors (Lipinski definition) is 7. The van der Waals surface area contributed by atoms with E-state index in [1.54, 1.807) is 36.4 Å². The van der Waals surface area contributed by atoms with E-state index >= 15 is 0 Å². The Kier molecular flexibility index (Phi) is 7.78. The predicted molar refractivity (Wildman–Crippen MR) is 125 cm³/mol. The van der Waals surface area contributed by atoms with Gasteiger partial charge in [0.15, 0.2) is 11.5 Å². The summed E-state index contributed by atoms with van der Waals surface area (Å²) in [6.45, 7) is 4.23. The Bertz CT molecular complexity index is 1090. The number of rotatable bonds is 9. The molecular weight excluding hydrogens is 494 g/mol. The molecule has 1 saturated heterocycles. The lowest BCUT2D eigenvalue weighted by Crippen LogP contribution is -2.32. The number of phenolic OH excluding ortho intramolecular Hbond substituents is 1. The largest absolute Gasteiger partial charge is 0.507 e. The maximum atomic E-state index is 13.0. The number of phenols is 1. The van der Waals surface area contributed by atoms with Crippen molar-refractivity contribution in [1.29, 1.82) is 0 Å². The molecular formula is C24H24BrNO7. The van der Waals surface area contributed by atoms with Crippen molar-refractivity contribution in [3.8, 4) is 17.2 Å². The molecule has 0 radical (unpaired) electrons. The number of carbonyl (C=O) groups excluding carboxylic acids is 2. The molecule has 3 rings (SSSR count). The lowest BCUT2D eigenvalue weighted by molar-refractivity contribution is -0.140. The summed E-state index contributed by atoms with van der Waals surface area (Å²) in [4.78, 5) is 27.2. The van der Waals surface area contributed by atoms with E-state index in [9.17, 15) is 19.8 Å². The summed E-state index contributed by atoms with van der Waals surface area (Å²) in [6.07, 6.45) is 1.61. The number of benzene rings is 2. The third-order valence-electron chi connectivity index (χ3n) is 5.16. The highest BCUT2D eigenvalue weighted by molar-refractivity contribution is 9.10. The number of amides is 1. The summed E-state index contributed by atoms with van der Waals surface area (Å²) in [7, 11) is 2.88. The highest BCUT2D eigenvalue weighted by Crippen LogP contribution is 2.44. The van der Waals surface area contributed by atoms with Crippen LogP contribution in [-0.4, -0.2) is 60.8 Å². The third kappa shape index (κ3) is 4.89. The van der Waals surface area contributed by atoms with E-state index in [-0.39, 0.29) is 36.0 Å². The fourth-order valence-electron chi connectivity index (χ4n) is 3.57. The van der Waals surface area contributed by atoms with Crippen molar-refractivity contribution in [3.05, 3.63) is 70.2 Å². The molecule has 2 N–H and O–H groups in total. The van der Waals surface area contributed by atoms with Gasteiger partial charge in [-0.3, -0.25) is 9.59 Å². The molecule has 0 bridgehead atoms. The first-order chi connectivity index (χ1) is 15.8. The molecule has 9 heteroatoms. The molecule has 8 nitrogen and oxygen atoms in total. The van der Waals surface area contributed by atoms with Crippen LogP contribution in [0.15, 0.2) is 59.1 Å². The second-order valence-corrected chi connectivity index (χ2v) is 8.02. The average molecular weight is 518 g/mol. The minimum absolute atomic E-state index is 0.0736. The smallest absolute Gasteiger partial charge is 0.295 e. The first-order valence-corrected chi connectivity index (χ1v) is 10.8. The Labute approximate surface area is 199 Å². The summed E-state index contributed by atoms with van der Waals surface area (Å²) < 4.78 is 16.1. The zero-order chi connectivity index (χ0) is 24.1. The van der Waals surface area contributed by atoms with Gasteiger partial charge in [-0.2, -0.15) is 0 Å². The number of nitrogens with zero attached hydrogens (tertiary/aromatic N) is 1. The van der Waals surface area contributed by atoms with Gasteiger partial charge in [0.1, 0.15) is 18.1 Å². The van der Waals surface area contributed by atoms with Crippen molar-refractivity contribution in [2.24, 2.45) is 0 Å². The normalized spacial score (nSPS) is 17.3. The van der Waals surface area contributed by atoms with Crippen molar-refractivity contribution in [3.63, 3.8) is 0 Å². The van der Waals surface area contributed by atoms with Crippen LogP contribution in [0, 0.1) is 0 Å². The Morgan fingerprint density at radius 3 is 2.52 bits per heavy atom. The Morgan fingerprint density at radius 2 is 1.91 bits per heavy atom. The van der Waals surface area contributed by atoms with Gasteiger partial charge in [-0.05, 0) is 57.9 Å². The second kappa shape index (κ2) is 10.5. The minimum Gasteiger partial charge on any atom is -0.507 e. The summed E-state index contributed by atoms with van der Waals surface area (Å²) in [5.41, 5.74) is 0.746. The number of Topliss-reactive ketones (excluding diaryl/α,β-unsaturated/α-hetero) is 1. The molecule has 1 aliphatic rings. The number of likely N-dealkylation sites (tertiary alicyclic amines) is 1. The van der Waals surface area contributed by atoms with Gasteiger partial charge in [-0.1, -0.05) is 12.7 Å². The highest BCUT2D eigenvalue weighted by atomic mass is 79.9. The van der Waals surface area contributed by atoms with Crippen molar-refractivity contribution >= 4 is 33.4 Å². The second-order valence-electron chi connectivity index (χ2n) is 7.16. The van der Waals surface area contributed by atoms with Crippen LogP contribution in [-0.2, 0) is 14.3 Å². The van der Waals surface area contributed by atoms with Crippen LogP contribution in [0.2, 0.25) is 0 Å². The van der Waals surface area contributed by atoms with E-state index in [2.05, 4.69) is 22.5 Å². The van der Waals surface area contributed by atoms with Crippen LogP contribution in [0.5, 0.6) is 17.2 Å². The fraction of sp³-hybridized carbons (Fsp3) is 0.250. The molecule has 1 fully saturated rings. The number of aliphatic hydroxyl groups excluding tert-OH is 1. The van der Waals surface area contributed by atoms with Gasteiger partial charge >= 0.3 is 0 Å². The number of ketones is 1. The van der Waals surface area contributed by atoms with Crippen LogP contribution in [0.25, 0.3) is 5.76 Å². The third-order valence-corrected chi connectivity index (χ3v) is 5.76. The van der Waals surface area contributed by atoms with Crippen LogP contribution in [0.1, 0.15) is 17.2 Å². The maximum Gasteiger partial charge on any atom is 0.295 e. The Morgan fingerprint density at radius 1 is 1.21 bits per heavy atom. The molecule has 1 aliphatic heterocycles. The molecule has 1 unspecified atom stereocenters.